The fourth-order valence-corrected chi connectivity index (χ4v) is 4.19. The third-order valence-electron chi connectivity index (χ3n) is 5.78. The van der Waals surface area contributed by atoms with E-state index in [2.05, 4.69) is 0 Å². The number of hydrogen-bond acceptors (Lipinski definition) is 8. The third kappa shape index (κ3) is 3.39. The van der Waals surface area contributed by atoms with Gasteiger partial charge in [-0.3, -0.25) is 0 Å². The number of methoxy groups -OCH3 is 3. The van der Waals surface area contributed by atoms with E-state index in [0.29, 0.717) is 50.5 Å². The van der Waals surface area contributed by atoms with Crippen molar-refractivity contribution in [3.05, 3.63) is 64.5 Å². The van der Waals surface area contributed by atoms with Crippen LogP contribution in [-0.4, -0.2) is 39.1 Å². The maximum absolute atomic E-state index is 12.7. The van der Waals surface area contributed by atoms with Crippen LogP contribution in [0.25, 0.3) is 21.7 Å². The Hall–Kier alpha value is -3.91. The van der Waals surface area contributed by atoms with Gasteiger partial charge in [0, 0.05) is 28.5 Å². The van der Waals surface area contributed by atoms with Gasteiger partial charge in [-0.2, -0.15) is 0 Å². The molecule has 8 heteroatoms. The second-order valence-electron chi connectivity index (χ2n) is 7.55. The highest BCUT2D eigenvalue weighted by molar-refractivity contribution is 6.09. The lowest BCUT2D eigenvalue weighted by atomic mass is 10.0. The van der Waals surface area contributed by atoms with Crippen LogP contribution < -0.4 is 29.3 Å². The van der Waals surface area contributed by atoms with Crippen molar-refractivity contribution in [2.75, 3.05) is 27.9 Å². The van der Waals surface area contributed by atoms with E-state index in [9.17, 15) is 9.90 Å². The minimum Gasteiger partial charge on any atom is -0.497 e. The predicted molar refractivity (Wildman–Crippen MR) is 121 cm³/mol. The lowest BCUT2D eigenvalue weighted by molar-refractivity contribution is 0.0405. The minimum absolute atomic E-state index is 0.246. The van der Waals surface area contributed by atoms with Crippen molar-refractivity contribution in [2.24, 2.45) is 0 Å². The smallest absolute Gasteiger partial charge is 0.344 e. The standard InChI is InChI=1S/C25H22O8/c1-28-13-4-6-15-19(10-13)33-25(27)17-8-9-18(24(30-3)22(15)17)32-23-16-7-5-14(29-2)11-20(16)31-21(23)12-26/h4-11,21,23,26H,12H2,1-3H3. The Balaban J connectivity index is 1.66. The number of fused-ring (bicyclic) bond motifs is 4. The summed E-state index contributed by atoms with van der Waals surface area (Å²) in [4.78, 5) is 12.7. The summed E-state index contributed by atoms with van der Waals surface area (Å²) in [5.74, 6) is 2.58. The van der Waals surface area contributed by atoms with E-state index in [1.165, 1.54) is 7.11 Å². The lowest BCUT2D eigenvalue weighted by Gasteiger charge is -2.21. The largest absolute Gasteiger partial charge is 0.497 e. The van der Waals surface area contributed by atoms with Crippen LogP contribution in [-0.2, 0) is 0 Å². The molecule has 1 aromatic heterocycles. The zero-order chi connectivity index (χ0) is 23.1. The molecule has 1 aliphatic rings. The number of aliphatic hydroxyl groups excluding tert-OH is 1. The molecule has 0 saturated carbocycles. The van der Waals surface area contributed by atoms with Crippen molar-refractivity contribution in [3.63, 3.8) is 0 Å². The molecule has 0 radical (unpaired) electrons. The van der Waals surface area contributed by atoms with Crippen LogP contribution in [0.4, 0.5) is 0 Å². The summed E-state index contributed by atoms with van der Waals surface area (Å²) >= 11 is 0. The monoisotopic (exact) mass is 450 g/mol. The zero-order valence-corrected chi connectivity index (χ0v) is 18.3. The molecule has 1 aliphatic heterocycles. The van der Waals surface area contributed by atoms with Gasteiger partial charge in [-0.05, 0) is 36.4 Å². The van der Waals surface area contributed by atoms with Crippen molar-refractivity contribution >= 4 is 21.7 Å². The molecule has 4 aromatic rings. The van der Waals surface area contributed by atoms with Crippen LogP contribution in [0.5, 0.6) is 28.7 Å². The second kappa shape index (κ2) is 8.22. The average Bonchev–Trinajstić information content (AvgIpc) is 3.19. The Morgan fingerprint density at radius 2 is 1.64 bits per heavy atom. The SMILES string of the molecule is COc1ccc2c(c1)OC(CO)C2Oc1ccc2c(=O)oc3cc(OC)ccc3c2c1OC. The topological polar surface area (TPSA) is 96.6 Å². The molecular formula is C25H22O8. The Bertz CT molecular complexity index is 1410. The van der Waals surface area contributed by atoms with E-state index < -0.39 is 17.8 Å². The van der Waals surface area contributed by atoms with Gasteiger partial charge in [0.05, 0.1) is 33.3 Å². The van der Waals surface area contributed by atoms with Gasteiger partial charge in [0.25, 0.3) is 0 Å². The number of ether oxygens (including phenoxy) is 5. The van der Waals surface area contributed by atoms with Gasteiger partial charge in [0.15, 0.2) is 23.7 Å². The Morgan fingerprint density at radius 3 is 2.36 bits per heavy atom. The normalized spacial score (nSPS) is 17.0. The maximum atomic E-state index is 12.7. The second-order valence-corrected chi connectivity index (χ2v) is 7.55. The van der Waals surface area contributed by atoms with Gasteiger partial charge in [-0.25, -0.2) is 4.79 Å². The fraction of sp³-hybridized carbons (Fsp3) is 0.240. The lowest BCUT2D eigenvalue weighted by Crippen LogP contribution is -2.27. The first-order valence-electron chi connectivity index (χ1n) is 10.3. The number of hydrogen-bond donors (Lipinski definition) is 1. The van der Waals surface area contributed by atoms with Gasteiger partial charge in [0.2, 0.25) is 0 Å². The molecular weight excluding hydrogens is 428 g/mol. The van der Waals surface area contributed by atoms with E-state index in [0.717, 1.165) is 5.56 Å². The quantitative estimate of drug-likeness (QED) is 0.350. The summed E-state index contributed by atoms with van der Waals surface area (Å²) in [5, 5.41) is 11.5. The first-order valence-corrected chi connectivity index (χ1v) is 10.3. The molecule has 0 bridgehead atoms. The molecule has 2 atom stereocenters. The molecule has 170 valence electrons. The van der Waals surface area contributed by atoms with Crippen molar-refractivity contribution in [2.45, 2.75) is 12.2 Å². The van der Waals surface area contributed by atoms with Crippen molar-refractivity contribution in [3.8, 4) is 28.7 Å². The van der Waals surface area contributed by atoms with E-state index in [1.54, 1.807) is 44.6 Å². The number of benzene rings is 3. The van der Waals surface area contributed by atoms with Crippen molar-refractivity contribution in [1.29, 1.82) is 0 Å². The summed E-state index contributed by atoms with van der Waals surface area (Å²) in [5.41, 5.74) is 0.654. The van der Waals surface area contributed by atoms with Crippen LogP contribution in [0.1, 0.15) is 11.7 Å². The zero-order valence-electron chi connectivity index (χ0n) is 18.3. The van der Waals surface area contributed by atoms with Gasteiger partial charge >= 0.3 is 5.63 Å². The Kier molecular flexibility index (Phi) is 5.22. The molecule has 0 saturated heterocycles. The summed E-state index contributed by atoms with van der Waals surface area (Å²) in [7, 11) is 4.63. The highest BCUT2D eigenvalue weighted by Gasteiger charge is 2.37. The first-order chi connectivity index (χ1) is 16.1. The first kappa shape index (κ1) is 21.0. The molecule has 0 aliphatic carbocycles. The van der Waals surface area contributed by atoms with Crippen molar-refractivity contribution < 1.29 is 33.2 Å². The van der Waals surface area contributed by atoms with E-state index in [4.69, 9.17) is 28.1 Å². The molecule has 0 spiro atoms. The van der Waals surface area contributed by atoms with Gasteiger partial charge in [0.1, 0.15) is 22.8 Å². The van der Waals surface area contributed by atoms with Gasteiger partial charge < -0.3 is 33.2 Å². The maximum Gasteiger partial charge on any atom is 0.344 e. The van der Waals surface area contributed by atoms with Crippen LogP contribution in [0.15, 0.2) is 57.7 Å². The molecule has 0 fully saturated rings. The third-order valence-corrected chi connectivity index (χ3v) is 5.78. The summed E-state index contributed by atoms with van der Waals surface area (Å²) in [6.45, 7) is -0.246. The van der Waals surface area contributed by atoms with Crippen LogP contribution in [0.2, 0.25) is 0 Å². The highest BCUT2D eigenvalue weighted by Crippen LogP contribution is 2.45. The van der Waals surface area contributed by atoms with E-state index >= 15 is 0 Å². The predicted octanol–water partition coefficient (Wildman–Crippen LogP) is 3.85. The highest BCUT2D eigenvalue weighted by atomic mass is 16.6. The van der Waals surface area contributed by atoms with Crippen LogP contribution in [0, 0.1) is 0 Å². The Labute approximate surface area is 188 Å². The Morgan fingerprint density at radius 1 is 0.909 bits per heavy atom. The molecule has 5 rings (SSSR count). The van der Waals surface area contributed by atoms with Crippen molar-refractivity contribution in [1.82, 2.24) is 0 Å². The van der Waals surface area contributed by atoms with Crippen LogP contribution in [0.3, 0.4) is 0 Å². The van der Waals surface area contributed by atoms with Gasteiger partial charge in [-0.1, -0.05) is 0 Å². The van der Waals surface area contributed by atoms with E-state index in [1.807, 2.05) is 18.2 Å². The molecule has 33 heavy (non-hydrogen) atoms. The molecule has 8 nitrogen and oxygen atoms in total. The van der Waals surface area contributed by atoms with E-state index in [-0.39, 0.29) is 6.61 Å². The van der Waals surface area contributed by atoms with Crippen LogP contribution >= 0.6 is 0 Å². The number of rotatable bonds is 6. The molecule has 2 heterocycles. The summed E-state index contributed by atoms with van der Waals surface area (Å²) in [6.07, 6.45) is -1.21. The number of aliphatic hydroxyl groups is 1. The summed E-state index contributed by atoms with van der Waals surface area (Å²) < 4.78 is 34.0. The summed E-state index contributed by atoms with van der Waals surface area (Å²) in [6, 6.07) is 13.9. The molecule has 2 unspecified atom stereocenters. The minimum atomic E-state index is -0.616. The molecule has 0 amide bonds. The molecule has 1 N–H and O–H groups in total. The average molecular weight is 450 g/mol. The molecule has 3 aromatic carbocycles. The van der Waals surface area contributed by atoms with Gasteiger partial charge in [-0.15, -0.1) is 0 Å². The fourth-order valence-electron chi connectivity index (χ4n) is 4.19.